The van der Waals surface area contributed by atoms with Crippen LogP contribution < -0.4 is 15.4 Å². The molecule has 0 radical (unpaired) electrons. The van der Waals surface area contributed by atoms with Crippen LogP contribution in [-0.4, -0.2) is 30.4 Å². The Morgan fingerprint density at radius 3 is 2.83 bits per heavy atom. The van der Waals surface area contributed by atoms with Crippen LogP contribution in [0.3, 0.4) is 0 Å². The predicted molar refractivity (Wildman–Crippen MR) is 88.6 cm³/mol. The van der Waals surface area contributed by atoms with Gasteiger partial charge in [0.25, 0.3) is 5.91 Å². The summed E-state index contributed by atoms with van der Waals surface area (Å²) in [5, 5.41) is 6.14. The van der Waals surface area contributed by atoms with E-state index in [1.54, 1.807) is 0 Å². The fourth-order valence-electron chi connectivity index (χ4n) is 1.92. The van der Waals surface area contributed by atoms with Gasteiger partial charge in [-0.2, -0.15) is 0 Å². The van der Waals surface area contributed by atoms with Crippen LogP contribution in [0.5, 0.6) is 5.75 Å². The number of hydrogen-bond acceptors (Lipinski definition) is 5. The number of aromatic nitrogens is 1. The summed E-state index contributed by atoms with van der Waals surface area (Å²) in [6, 6.07) is 9.48. The van der Waals surface area contributed by atoms with E-state index in [0.717, 1.165) is 10.8 Å². The van der Waals surface area contributed by atoms with Crippen molar-refractivity contribution in [1.82, 2.24) is 15.6 Å². The molecule has 0 fully saturated rings. The molecular formula is C16H19N3O3S. The molecule has 7 heteroatoms. The molecule has 2 aromatic rings. The summed E-state index contributed by atoms with van der Waals surface area (Å²) in [4.78, 5) is 27.2. The third-order valence-electron chi connectivity index (χ3n) is 3.02. The lowest BCUT2D eigenvalue weighted by Crippen LogP contribution is -2.26. The Morgan fingerprint density at radius 2 is 2.09 bits per heavy atom. The average molecular weight is 333 g/mol. The van der Waals surface area contributed by atoms with E-state index in [2.05, 4.69) is 15.6 Å². The molecule has 0 spiro atoms. The number of thiazole rings is 1. The highest BCUT2D eigenvalue weighted by atomic mass is 32.1. The lowest BCUT2D eigenvalue weighted by Gasteiger charge is -2.03. The lowest BCUT2D eigenvalue weighted by molar-refractivity contribution is -0.109. The zero-order valence-electron chi connectivity index (χ0n) is 12.9. The molecule has 0 saturated carbocycles. The van der Waals surface area contributed by atoms with Gasteiger partial charge in [0.1, 0.15) is 22.2 Å². The van der Waals surface area contributed by atoms with E-state index in [9.17, 15) is 9.59 Å². The van der Waals surface area contributed by atoms with E-state index < -0.39 is 0 Å². The highest BCUT2D eigenvalue weighted by Crippen LogP contribution is 2.20. The maximum Gasteiger partial charge on any atom is 0.263 e. The number of hydrogen-bond donors (Lipinski definition) is 2. The van der Waals surface area contributed by atoms with Crippen LogP contribution in [-0.2, 0) is 11.4 Å². The van der Waals surface area contributed by atoms with E-state index in [1.165, 1.54) is 11.3 Å². The monoisotopic (exact) mass is 333 g/mol. The maximum atomic E-state index is 12.1. The Hall–Kier alpha value is -2.41. The van der Waals surface area contributed by atoms with Gasteiger partial charge in [-0.05, 0) is 25.5 Å². The second-order valence-corrected chi connectivity index (χ2v) is 5.89. The number of carbonyl (C=O) groups excluding carboxylic acids is 2. The summed E-state index contributed by atoms with van der Waals surface area (Å²) in [6.45, 7) is 3.20. The minimum atomic E-state index is -0.142. The van der Waals surface area contributed by atoms with Gasteiger partial charge in [0.05, 0.1) is 5.69 Å². The second-order valence-electron chi connectivity index (χ2n) is 4.81. The van der Waals surface area contributed by atoms with Crippen molar-refractivity contribution in [1.29, 1.82) is 0 Å². The summed E-state index contributed by atoms with van der Waals surface area (Å²) in [6.07, 6.45) is 1.33. The number of carbonyl (C=O) groups is 2. The summed E-state index contributed by atoms with van der Waals surface area (Å²) < 4.78 is 5.64. The van der Waals surface area contributed by atoms with Gasteiger partial charge < -0.3 is 15.4 Å². The molecule has 122 valence electrons. The largest absolute Gasteiger partial charge is 0.486 e. The topological polar surface area (TPSA) is 80.3 Å². The Bertz CT molecular complexity index is 643. The molecule has 0 aliphatic carbocycles. The van der Waals surface area contributed by atoms with Crippen LogP contribution in [0.1, 0.15) is 26.8 Å². The van der Waals surface area contributed by atoms with Gasteiger partial charge in [-0.1, -0.05) is 18.2 Å². The van der Waals surface area contributed by atoms with Crippen molar-refractivity contribution in [3.8, 4) is 5.75 Å². The van der Waals surface area contributed by atoms with Gasteiger partial charge in [-0.3, -0.25) is 9.59 Å². The molecule has 0 aliphatic heterocycles. The molecule has 23 heavy (non-hydrogen) atoms. The average Bonchev–Trinajstić information content (AvgIpc) is 2.94. The van der Waals surface area contributed by atoms with E-state index in [-0.39, 0.29) is 5.91 Å². The molecule has 0 atom stereocenters. The minimum absolute atomic E-state index is 0.142. The number of ether oxygens (including phenoxy) is 1. The fraction of sp³-hybridized carbons (Fsp3) is 0.312. The van der Waals surface area contributed by atoms with Crippen LogP contribution in [0.4, 0.5) is 0 Å². The first-order valence-electron chi connectivity index (χ1n) is 7.30. The molecule has 1 aromatic heterocycles. The summed E-state index contributed by atoms with van der Waals surface area (Å²) in [7, 11) is 0. The van der Waals surface area contributed by atoms with Crippen LogP contribution in [0.15, 0.2) is 30.3 Å². The van der Waals surface area contributed by atoms with Crippen molar-refractivity contribution in [2.45, 2.75) is 20.0 Å². The minimum Gasteiger partial charge on any atom is -0.486 e. The zero-order chi connectivity index (χ0) is 16.5. The van der Waals surface area contributed by atoms with Crippen LogP contribution in [0.25, 0.3) is 0 Å². The Kier molecular flexibility index (Phi) is 6.56. The summed E-state index contributed by atoms with van der Waals surface area (Å²) in [5.74, 6) is 0.631. The van der Waals surface area contributed by atoms with Crippen molar-refractivity contribution in [2.75, 3.05) is 13.1 Å². The van der Waals surface area contributed by atoms with Gasteiger partial charge in [0, 0.05) is 13.1 Å². The van der Waals surface area contributed by atoms with Crippen molar-refractivity contribution >= 4 is 23.7 Å². The highest BCUT2D eigenvalue weighted by molar-refractivity contribution is 7.13. The predicted octanol–water partition coefficient (Wildman–Crippen LogP) is 1.90. The lowest BCUT2D eigenvalue weighted by atomic mass is 10.3. The van der Waals surface area contributed by atoms with Gasteiger partial charge in [-0.15, -0.1) is 11.3 Å². The van der Waals surface area contributed by atoms with Crippen LogP contribution >= 0.6 is 11.3 Å². The van der Waals surface area contributed by atoms with E-state index in [4.69, 9.17) is 4.74 Å². The third kappa shape index (κ3) is 5.37. The summed E-state index contributed by atoms with van der Waals surface area (Å²) >= 11 is 1.34. The van der Waals surface area contributed by atoms with Gasteiger partial charge in [0.2, 0.25) is 6.41 Å². The van der Waals surface area contributed by atoms with Crippen molar-refractivity contribution in [3.63, 3.8) is 0 Å². The molecule has 1 heterocycles. The van der Waals surface area contributed by atoms with Gasteiger partial charge in [-0.25, -0.2) is 4.98 Å². The van der Waals surface area contributed by atoms with Crippen molar-refractivity contribution in [3.05, 3.63) is 45.9 Å². The standard InChI is InChI=1S/C16H19N3O3S/c1-12-15(16(21)18-9-5-8-17-11-20)23-14(19-12)10-22-13-6-3-2-4-7-13/h2-4,6-7,11H,5,8-10H2,1H3,(H,17,20)(H,18,21). The third-order valence-corrected chi connectivity index (χ3v) is 4.15. The Labute approximate surface area is 138 Å². The SMILES string of the molecule is Cc1nc(COc2ccccc2)sc1C(=O)NCCCNC=O. The molecule has 0 bridgehead atoms. The van der Waals surface area contributed by atoms with Gasteiger partial charge >= 0.3 is 0 Å². The molecule has 6 nitrogen and oxygen atoms in total. The number of para-hydroxylation sites is 1. The number of nitrogens with one attached hydrogen (secondary N) is 2. The summed E-state index contributed by atoms with van der Waals surface area (Å²) in [5.41, 5.74) is 0.699. The van der Waals surface area contributed by atoms with E-state index in [0.29, 0.717) is 43.1 Å². The molecule has 0 aliphatic rings. The molecule has 0 unspecified atom stereocenters. The first-order valence-corrected chi connectivity index (χ1v) is 8.11. The number of amides is 2. The number of benzene rings is 1. The smallest absolute Gasteiger partial charge is 0.263 e. The molecule has 2 amide bonds. The fourth-order valence-corrected chi connectivity index (χ4v) is 2.81. The van der Waals surface area contributed by atoms with Crippen molar-refractivity contribution < 1.29 is 14.3 Å². The molecular weight excluding hydrogens is 314 g/mol. The molecule has 0 saturated heterocycles. The number of nitrogens with zero attached hydrogens (tertiary/aromatic N) is 1. The first kappa shape index (κ1) is 17.0. The Balaban J connectivity index is 1.84. The molecule has 2 N–H and O–H groups in total. The quantitative estimate of drug-likeness (QED) is 0.542. The van der Waals surface area contributed by atoms with E-state index in [1.807, 2.05) is 37.3 Å². The first-order chi connectivity index (χ1) is 11.2. The van der Waals surface area contributed by atoms with Crippen LogP contribution in [0.2, 0.25) is 0 Å². The van der Waals surface area contributed by atoms with Crippen molar-refractivity contribution in [2.24, 2.45) is 0 Å². The second kappa shape index (κ2) is 8.89. The maximum absolute atomic E-state index is 12.1. The Morgan fingerprint density at radius 1 is 1.30 bits per heavy atom. The number of aryl methyl sites for hydroxylation is 1. The zero-order valence-corrected chi connectivity index (χ0v) is 13.7. The molecule has 2 rings (SSSR count). The van der Waals surface area contributed by atoms with Gasteiger partial charge in [0.15, 0.2) is 0 Å². The van der Waals surface area contributed by atoms with Crippen LogP contribution in [0, 0.1) is 6.92 Å². The normalized spacial score (nSPS) is 10.1. The molecule has 1 aromatic carbocycles. The number of rotatable bonds is 9. The van der Waals surface area contributed by atoms with E-state index >= 15 is 0 Å². The highest BCUT2D eigenvalue weighted by Gasteiger charge is 2.15.